The lowest BCUT2D eigenvalue weighted by Crippen LogP contribution is -2.25. The second-order valence-corrected chi connectivity index (χ2v) is 8.01. The van der Waals surface area contributed by atoms with E-state index in [-0.39, 0.29) is 11.4 Å². The summed E-state index contributed by atoms with van der Waals surface area (Å²) in [7, 11) is -3.24. The number of hydrogen-bond donors (Lipinski definition) is 1. The fourth-order valence-corrected chi connectivity index (χ4v) is 4.41. The van der Waals surface area contributed by atoms with Gasteiger partial charge in [0, 0.05) is 29.4 Å². The number of amides is 1. The number of aryl methyl sites for hydroxylation is 1. The normalized spacial score (nSPS) is 15.7. The lowest BCUT2D eigenvalue weighted by Gasteiger charge is -2.17. The van der Waals surface area contributed by atoms with Crippen LogP contribution < -0.4 is 9.62 Å². The van der Waals surface area contributed by atoms with E-state index in [0.717, 1.165) is 0 Å². The third-order valence-electron chi connectivity index (χ3n) is 4.17. The molecule has 8 nitrogen and oxygen atoms in total. The van der Waals surface area contributed by atoms with Gasteiger partial charge in [0.05, 0.1) is 16.4 Å². The fraction of sp³-hybridized carbons (Fsp3) is 0.235. The quantitative estimate of drug-likeness (QED) is 0.653. The fourth-order valence-electron chi connectivity index (χ4n) is 2.85. The van der Waals surface area contributed by atoms with Crippen LogP contribution in [0.25, 0.3) is 0 Å². The summed E-state index contributed by atoms with van der Waals surface area (Å²) in [4.78, 5) is 22.6. The third kappa shape index (κ3) is 3.52. The molecule has 136 valence electrons. The van der Waals surface area contributed by atoms with Gasteiger partial charge in [0.1, 0.15) is 0 Å². The number of nitrogens with one attached hydrogen (secondary N) is 1. The summed E-state index contributed by atoms with van der Waals surface area (Å²) >= 11 is 0. The van der Waals surface area contributed by atoms with Crippen molar-refractivity contribution in [1.29, 1.82) is 0 Å². The molecule has 0 unspecified atom stereocenters. The number of nitro benzene ring substituents is 1. The molecule has 0 spiro atoms. The van der Waals surface area contributed by atoms with Crippen molar-refractivity contribution in [2.45, 2.75) is 13.3 Å². The second-order valence-electron chi connectivity index (χ2n) is 6.00. The summed E-state index contributed by atoms with van der Waals surface area (Å²) in [5.74, 6) is -0.255. The van der Waals surface area contributed by atoms with Crippen LogP contribution in [0.1, 0.15) is 22.3 Å². The molecule has 1 amide bonds. The van der Waals surface area contributed by atoms with Crippen molar-refractivity contribution < 1.29 is 18.1 Å². The number of hydrogen-bond acceptors (Lipinski definition) is 5. The number of rotatable bonds is 4. The molecule has 2 aromatic carbocycles. The Bertz CT molecular complexity index is 970. The summed E-state index contributed by atoms with van der Waals surface area (Å²) in [6.45, 7) is 2.02. The van der Waals surface area contributed by atoms with Crippen LogP contribution in [0, 0.1) is 17.0 Å². The molecule has 0 bridgehead atoms. The number of nitro groups is 1. The lowest BCUT2D eigenvalue weighted by atomic mass is 10.1. The van der Waals surface area contributed by atoms with Gasteiger partial charge in [-0.3, -0.25) is 19.2 Å². The monoisotopic (exact) mass is 375 g/mol. The highest BCUT2D eigenvalue weighted by atomic mass is 32.2. The predicted octanol–water partition coefficient (Wildman–Crippen LogP) is 2.70. The predicted molar refractivity (Wildman–Crippen MR) is 98.0 cm³/mol. The molecule has 0 aromatic heterocycles. The summed E-state index contributed by atoms with van der Waals surface area (Å²) in [6.07, 6.45) is 0.598. The van der Waals surface area contributed by atoms with Crippen molar-refractivity contribution >= 4 is 33.0 Å². The SMILES string of the molecule is Cc1cc(C(=O)Nc2ccc(N3CCCS3(=O)=O)cc2)ccc1[N+](=O)[O-]. The van der Waals surface area contributed by atoms with Gasteiger partial charge in [-0.1, -0.05) is 0 Å². The topological polar surface area (TPSA) is 110 Å². The third-order valence-corrected chi connectivity index (χ3v) is 6.04. The first-order chi connectivity index (χ1) is 12.3. The van der Waals surface area contributed by atoms with Gasteiger partial charge in [-0.05, 0) is 49.7 Å². The van der Waals surface area contributed by atoms with E-state index < -0.39 is 20.9 Å². The van der Waals surface area contributed by atoms with Crippen LogP contribution in [0.5, 0.6) is 0 Å². The van der Waals surface area contributed by atoms with E-state index in [4.69, 9.17) is 0 Å². The van der Waals surface area contributed by atoms with Crippen LogP contribution in [0.2, 0.25) is 0 Å². The maximum atomic E-state index is 12.3. The minimum Gasteiger partial charge on any atom is -0.322 e. The van der Waals surface area contributed by atoms with Gasteiger partial charge in [0.25, 0.3) is 11.6 Å². The molecule has 1 saturated heterocycles. The standard InChI is InChI=1S/C17H17N3O5S/c1-12-11-13(3-8-16(12)20(22)23)17(21)18-14-4-6-15(7-5-14)19-9-2-10-26(19,24)25/h3-8,11H,2,9-10H2,1H3,(H,18,21). The number of carbonyl (C=O) groups excluding carboxylic acids is 1. The summed E-state index contributed by atoms with van der Waals surface area (Å²) in [5.41, 5.74) is 1.73. The Kier molecular flexibility index (Phi) is 4.64. The van der Waals surface area contributed by atoms with Crippen molar-refractivity contribution in [3.63, 3.8) is 0 Å². The molecule has 26 heavy (non-hydrogen) atoms. The first-order valence-electron chi connectivity index (χ1n) is 7.95. The van der Waals surface area contributed by atoms with Crippen molar-refractivity contribution in [3.05, 3.63) is 63.7 Å². The highest BCUT2D eigenvalue weighted by Crippen LogP contribution is 2.26. The lowest BCUT2D eigenvalue weighted by molar-refractivity contribution is -0.385. The van der Waals surface area contributed by atoms with Crippen LogP contribution in [0.3, 0.4) is 0 Å². The molecular formula is C17H17N3O5S. The molecule has 0 atom stereocenters. The Hall–Kier alpha value is -2.94. The van der Waals surface area contributed by atoms with Crippen molar-refractivity contribution in [2.24, 2.45) is 0 Å². The minimum absolute atomic E-state index is 0.0438. The Morgan fingerprint density at radius 1 is 1.19 bits per heavy atom. The van der Waals surface area contributed by atoms with Crippen LogP contribution >= 0.6 is 0 Å². The maximum absolute atomic E-state index is 12.3. The van der Waals surface area contributed by atoms with Crippen LogP contribution in [0.4, 0.5) is 17.1 Å². The van der Waals surface area contributed by atoms with E-state index in [9.17, 15) is 23.3 Å². The van der Waals surface area contributed by atoms with Gasteiger partial charge >= 0.3 is 0 Å². The Balaban J connectivity index is 1.74. The zero-order valence-corrected chi connectivity index (χ0v) is 14.8. The maximum Gasteiger partial charge on any atom is 0.272 e. The first-order valence-corrected chi connectivity index (χ1v) is 9.56. The Morgan fingerprint density at radius 2 is 1.88 bits per heavy atom. The largest absolute Gasteiger partial charge is 0.322 e. The zero-order chi connectivity index (χ0) is 18.9. The van der Waals surface area contributed by atoms with Crippen molar-refractivity contribution in [1.82, 2.24) is 0 Å². The molecule has 3 rings (SSSR count). The van der Waals surface area contributed by atoms with Crippen LogP contribution in [0.15, 0.2) is 42.5 Å². The average molecular weight is 375 g/mol. The van der Waals surface area contributed by atoms with Crippen LogP contribution in [-0.2, 0) is 10.0 Å². The number of anilines is 2. The summed E-state index contributed by atoms with van der Waals surface area (Å²) in [5, 5.41) is 13.5. The van der Waals surface area contributed by atoms with E-state index >= 15 is 0 Å². The molecule has 1 heterocycles. The number of sulfonamides is 1. The smallest absolute Gasteiger partial charge is 0.272 e. The first kappa shape index (κ1) is 17.9. The zero-order valence-electron chi connectivity index (χ0n) is 14.0. The van der Waals surface area contributed by atoms with Gasteiger partial charge in [0.15, 0.2) is 0 Å². The van der Waals surface area contributed by atoms with Crippen molar-refractivity contribution in [2.75, 3.05) is 21.9 Å². The number of nitrogens with zero attached hydrogens (tertiary/aromatic N) is 2. The Morgan fingerprint density at radius 3 is 2.42 bits per heavy atom. The Labute approximate surface area is 150 Å². The molecule has 2 aromatic rings. The van der Waals surface area contributed by atoms with Crippen LogP contribution in [-0.4, -0.2) is 31.5 Å². The van der Waals surface area contributed by atoms with E-state index in [2.05, 4.69) is 5.32 Å². The molecule has 9 heteroatoms. The van der Waals surface area contributed by atoms with Gasteiger partial charge in [-0.15, -0.1) is 0 Å². The molecule has 0 aliphatic carbocycles. The summed E-state index contributed by atoms with van der Waals surface area (Å²) in [6, 6.07) is 10.7. The summed E-state index contributed by atoms with van der Waals surface area (Å²) < 4.78 is 25.2. The van der Waals surface area contributed by atoms with Gasteiger partial charge in [-0.2, -0.15) is 0 Å². The van der Waals surface area contributed by atoms with Gasteiger partial charge in [0.2, 0.25) is 10.0 Å². The molecule has 1 aliphatic heterocycles. The average Bonchev–Trinajstić information content (AvgIpc) is 2.94. The molecule has 1 aliphatic rings. The van der Waals surface area contributed by atoms with E-state index in [0.29, 0.717) is 35.5 Å². The van der Waals surface area contributed by atoms with Gasteiger partial charge < -0.3 is 5.32 Å². The molecule has 1 N–H and O–H groups in total. The molecular weight excluding hydrogens is 358 g/mol. The molecule has 0 saturated carbocycles. The van der Waals surface area contributed by atoms with E-state index in [1.54, 1.807) is 31.2 Å². The second kappa shape index (κ2) is 6.75. The van der Waals surface area contributed by atoms with E-state index in [1.807, 2.05) is 0 Å². The van der Waals surface area contributed by atoms with E-state index in [1.165, 1.54) is 22.5 Å². The number of benzene rings is 2. The highest BCUT2D eigenvalue weighted by Gasteiger charge is 2.28. The minimum atomic E-state index is -3.24. The molecule has 1 fully saturated rings. The van der Waals surface area contributed by atoms with Gasteiger partial charge in [-0.25, -0.2) is 8.42 Å². The van der Waals surface area contributed by atoms with Crippen molar-refractivity contribution in [3.8, 4) is 0 Å². The molecule has 0 radical (unpaired) electrons. The highest BCUT2D eigenvalue weighted by molar-refractivity contribution is 7.93. The number of carbonyl (C=O) groups is 1.